The molecule has 0 saturated carbocycles. The van der Waals surface area contributed by atoms with Crippen molar-refractivity contribution in [2.45, 2.75) is 12.7 Å². The number of rotatable bonds is 4. The summed E-state index contributed by atoms with van der Waals surface area (Å²) in [6, 6.07) is 10.3. The third kappa shape index (κ3) is 3.43. The number of hydrazine groups is 3. The van der Waals surface area contributed by atoms with E-state index in [0.717, 1.165) is 17.2 Å². The number of halogens is 1. The Kier molecular flexibility index (Phi) is 4.35. The van der Waals surface area contributed by atoms with E-state index in [1.165, 1.54) is 12.3 Å². The number of hydrogen-bond donors (Lipinski definition) is 5. The lowest BCUT2D eigenvalue weighted by Gasteiger charge is -2.10. The monoisotopic (exact) mass is 302 g/mol. The van der Waals surface area contributed by atoms with Gasteiger partial charge >= 0.3 is 0 Å². The molecular weight excluding hydrogens is 287 g/mol. The summed E-state index contributed by atoms with van der Waals surface area (Å²) in [6.07, 6.45) is 1.19. The number of carbonyl (C=O) groups is 1. The molecule has 0 atom stereocenters. The first kappa shape index (κ1) is 14.5. The minimum absolute atomic E-state index is 0.0195. The molecule has 0 spiro atoms. The molecular formula is C14H15FN6O. The molecule has 22 heavy (non-hydrogen) atoms. The lowest BCUT2D eigenvalue weighted by Crippen LogP contribution is -2.33. The second kappa shape index (κ2) is 6.58. The van der Waals surface area contributed by atoms with Crippen LogP contribution in [0.1, 0.15) is 27.7 Å². The van der Waals surface area contributed by atoms with Crippen LogP contribution in [-0.4, -0.2) is 10.9 Å². The maximum Gasteiger partial charge on any atom is 0.253 e. The molecule has 0 bridgehead atoms. The molecule has 1 aliphatic heterocycles. The maximum absolute atomic E-state index is 12.7. The maximum atomic E-state index is 12.7. The van der Waals surface area contributed by atoms with E-state index in [0.29, 0.717) is 12.1 Å². The van der Waals surface area contributed by atoms with Crippen LogP contribution >= 0.6 is 0 Å². The van der Waals surface area contributed by atoms with Crippen LogP contribution in [0.2, 0.25) is 0 Å². The van der Waals surface area contributed by atoms with Crippen LogP contribution in [0.3, 0.4) is 0 Å². The van der Waals surface area contributed by atoms with E-state index in [1.54, 1.807) is 0 Å². The summed E-state index contributed by atoms with van der Waals surface area (Å²) < 4.78 is 12.7. The lowest BCUT2D eigenvalue weighted by molar-refractivity contribution is 0.0950. The van der Waals surface area contributed by atoms with Crippen LogP contribution in [-0.2, 0) is 6.54 Å². The molecule has 5 N–H and O–H groups in total. The zero-order valence-electron chi connectivity index (χ0n) is 11.6. The minimum atomic E-state index is -0.606. The smallest absolute Gasteiger partial charge is 0.253 e. The summed E-state index contributed by atoms with van der Waals surface area (Å²) in [5.41, 5.74) is 13.8. The van der Waals surface area contributed by atoms with Crippen molar-refractivity contribution in [2.75, 3.05) is 0 Å². The van der Waals surface area contributed by atoms with Gasteiger partial charge in [0.15, 0.2) is 0 Å². The molecule has 1 aromatic heterocycles. The highest BCUT2D eigenvalue weighted by Gasteiger charge is 2.14. The predicted molar refractivity (Wildman–Crippen MR) is 77.1 cm³/mol. The Morgan fingerprint density at radius 2 is 1.86 bits per heavy atom. The van der Waals surface area contributed by atoms with Gasteiger partial charge in [-0.05, 0) is 23.3 Å². The van der Waals surface area contributed by atoms with Gasteiger partial charge < -0.3 is 5.32 Å². The Morgan fingerprint density at radius 3 is 2.50 bits per heavy atom. The van der Waals surface area contributed by atoms with Crippen molar-refractivity contribution in [3.63, 3.8) is 0 Å². The molecule has 1 aromatic carbocycles. The van der Waals surface area contributed by atoms with Crippen LogP contribution < -0.4 is 27.2 Å². The van der Waals surface area contributed by atoms with Crippen LogP contribution in [0.25, 0.3) is 0 Å². The molecule has 114 valence electrons. The standard InChI is InChI=1S/C14H15FN6O/c15-12-6-5-11(8-16-12)14(22)17-7-9-1-3-10(4-2-9)13-18-20-21-19-13/h1-6,8,13,18-21H,7H2,(H,17,22). The van der Waals surface area contributed by atoms with Crippen LogP contribution in [0, 0.1) is 5.95 Å². The zero-order valence-corrected chi connectivity index (χ0v) is 11.6. The predicted octanol–water partition coefficient (Wildman–Crippen LogP) is 0.266. The molecule has 0 aliphatic carbocycles. The van der Waals surface area contributed by atoms with Crippen molar-refractivity contribution >= 4 is 5.91 Å². The molecule has 8 heteroatoms. The number of nitrogens with one attached hydrogen (secondary N) is 5. The van der Waals surface area contributed by atoms with Gasteiger partial charge in [-0.1, -0.05) is 24.3 Å². The quantitative estimate of drug-likeness (QED) is 0.521. The Labute approximate surface area is 126 Å². The molecule has 1 amide bonds. The van der Waals surface area contributed by atoms with Gasteiger partial charge in [0.1, 0.15) is 6.17 Å². The van der Waals surface area contributed by atoms with E-state index in [9.17, 15) is 9.18 Å². The van der Waals surface area contributed by atoms with Crippen LogP contribution in [0.5, 0.6) is 0 Å². The average molecular weight is 302 g/mol. The number of benzene rings is 1. The van der Waals surface area contributed by atoms with E-state index in [1.807, 2.05) is 24.3 Å². The normalized spacial score (nSPS) is 15.0. The van der Waals surface area contributed by atoms with E-state index in [4.69, 9.17) is 0 Å². The van der Waals surface area contributed by atoms with Gasteiger partial charge in [0.05, 0.1) is 5.56 Å². The highest BCUT2D eigenvalue weighted by molar-refractivity contribution is 5.93. The average Bonchev–Trinajstić information content (AvgIpc) is 3.08. The fraction of sp³-hybridized carbons (Fsp3) is 0.143. The Bertz CT molecular complexity index is 639. The summed E-state index contributed by atoms with van der Waals surface area (Å²) in [4.78, 5) is 15.4. The minimum Gasteiger partial charge on any atom is -0.348 e. The molecule has 0 unspecified atom stereocenters. The fourth-order valence-corrected chi connectivity index (χ4v) is 2.04. The Balaban J connectivity index is 1.56. The van der Waals surface area contributed by atoms with Crippen molar-refractivity contribution < 1.29 is 9.18 Å². The van der Waals surface area contributed by atoms with Gasteiger partial charge in [-0.3, -0.25) is 4.79 Å². The second-order valence-corrected chi connectivity index (χ2v) is 4.77. The van der Waals surface area contributed by atoms with Crippen molar-refractivity contribution in [3.05, 3.63) is 65.2 Å². The number of amides is 1. The first-order valence-corrected chi connectivity index (χ1v) is 6.72. The molecule has 1 saturated heterocycles. The third-order valence-electron chi connectivity index (χ3n) is 3.25. The number of nitrogens with zero attached hydrogens (tertiary/aromatic N) is 1. The summed E-state index contributed by atoms with van der Waals surface area (Å²) in [7, 11) is 0. The zero-order chi connectivity index (χ0) is 15.4. The fourth-order valence-electron chi connectivity index (χ4n) is 2.04. The second-order valence-electron chi connectivity index (χ2n) is 4.77. The van der Waals surface area contributed by atoms with Gasteiger partial charge in [0.25, 0.3) is 5.91 Å². The van der Waals surface area contributed by atoms with Gasteiger partial charge in [-0.15, -0.1) is 0 Å². The third-order valence-corrected chi connectivity index (χ3v) is 3.25. The van der Waals surface area contributed by atoms with Crippen molar-refractivity contribution in [1.82, 2.24) is 32.2 Å². The van der Waals surface area contributed by atoms with E-state index in [-0.39, 0.29) is 12.1 Å². The molecule has 3 rings (SSSR count). The summed E-state index contributed by atoms with van der Waals surface area (Å²) in [5.74, 6) is -0.894. The molecule has 2 heterocycles. The number of pyridine rings is 1. The summed E-state index contributed by atoms with van der Waals surface area (Å²) in [5, 5.41) is 2.77. The van der Waals surface area contributed by atoms with Crippen LogP contribution in [0.15, 0.2) is 42.6 Å². The highest BCUT2D eigenvalue weighted by atomic mass is 19.1. The molecule has 1 fully saturated rings. The highest BCUT2D eigenvalue weighted by Crippen LogP contribution is 2.12. The van der Waals surface area contributed by atoms with E-state index >= 15 is 0 Å². The van der Waals surface area contributed by atoms with E-state index in [2.05, 4.69) is 32.2 Å². The summed E-state index contributed by atoms with van der Waals surface area (Å²) >= 11 is 0. The summed E-state index contributed by atoms with van der Waals surface area (Å²) in [6.45, 7) is 0.387. The van der Waals surface area contributed by atoms with Gasteiger partial charge in [0, 0.05) is 12.7 Å². The SMILES string of the molecule is O=C(NCc1ccc(C2NNNN2)cc1)c1ccc(F)nc1. The van der Waals surface area contributed by atoms with E-state index < -0.39 is 5.95 Å². The lowest BCUT2D eigenvalue weighted by atomic mass is 10.1. The van der Waals surface area contributed by atoms with Crippen LogP contribution in [0.4, 0.5) is 4.39 Å². The molecule has 0 radical (unpaired) electrons. The molecule has 1 aliphatic rings. The number of carbonyl (C=O) groups excluding carboxylic acids is 1. The number of aromatic nitrogens is 1. The topological polar surface area (TPSA) is 90.1 Å². The van der Waals surface area contributed by atoms with Crippen molar-refractivity contribution in [3.8, 4) is 0 Å². The first-order valence-electron chi connectivity index (χ1n) is 6.72. The van der Waals surface area contributed by atoms with Crippen molar-refractivity contribution in [1.29, 1.82) is 0 Å². The van der Waals surface area contributed by atoms with Gasteiger partial charge in [0.2, 0.25) is 5.95 Å². The first-order chi connectivity index (χ1) is 10.7. The number of hydrogen-bond acceptors (Lipinski definition) is 6. The largest absolute Gasteiger partial charge is 0.348 e. The van der Waals surface area contributed by atoms with Gasteiger partial charge in [-0.25, -0.2) is 15.8 Å². The molecule has 7 nitrogen and oxygen atoms in total. The molecule has 2 aromatic rings. The van der Waals surface area contributed by atoms with Gasteiger partial charge in [-0.2, -0.15) is 15.5 Å². The Hall–Kier alpha value is -2.39. The van der Waals surface area contributed by atoms with Crippen molar-refractivity contribution in [2.24, 2.45) is 0 Å². The Morgan fingerprint density at radius 1 is 1.14 bits per heavy atom.